The molecule has 2 unspecified atom stereocenters. The summed E-state index contributed by atoms with van der Waals surface area (Å²) >= 11 is 0. The predicted octanol–water partition coefficient (Wildman–Crippen LogP) is 4.89. The fourth-order valence-corrected chi connectivity index (χ4v) is 6.75. The third-order valence-corrected chi connectivity index (χ3v) is 8.88. The molecular formula is C32H36FN9O. The first-order valence-electron chi connectivity index (χ1n) is 15.1. The van der Waals surface area contributed by atoms with E-state index >= 15 is 0 Å². The zero-order valence-electron chi connectivity index (χ0n) is 24.4. The van der Waals surface area contributed by atoms with Crippen LogP contribution in [0.2, 0.25) is 0 Å². The molecule has 6 heterocycles. The Kier molecular flexibility index (Phi) is 7.18. The zero-order valence-corrected chi connectivity index (χ0v) is 24.4. The van der Waals surface area contributed by atoms with Crippen molar-refractivity contribution in [3.63, 3.8) is 0 Å². The van der Waals surface area contributed by atoms with Gasteiger partial charge < -0.3 is 14.8 Å². The maximum atomic E-state index is 13.4. The third kappa shape index (κ3) is 4.87. The largest absolute Gasteiger partial charge is 0.366 e. The van der Waals surface area contributed by atoms with Gasteiger partial charge in [0.05, 0.1) is 29.6 Å². The molecule has 2 bridgehead atoms. The fraction of sp³-hybridized carbons (Fsp3) is 0.375. The predicted molar refractivity (Wildman–Crippen MR) is 168 cm³/mol. The number of hydrogen-bond donors (Lipinski definition) is 1. The Morgan fingerprint density at radius 3 is 2.67 bits per heavy atom. The van der Waals surface area contributed by atoms with Crippen LogP contribution in [0.4, 0.5) is 21.7 Å². The second-order valence-corrected chi connectivity index (χ2v) is 11.4. The number of rotatable bonds is 9. The van der Waals surface area contributed by atoms with Crippen molar-refractivity contribution < 1.29 is 4.39 Å². The molecule has 11 heteroatoms. The molecule has 3 aromatic heterocycles. The molecule has 222 valence electrons. The van der Waals surface area contributed by atoms with Gasteiger partial charge in [-0.2, -0.15) is 4.98 Å². The highest BCUT2D eigenvalue weighted by Crippen LogP contribution is 2.32. The summed E-state index contributed by atoms with van der Waals surface area (Å²) in [6.45, 7) is 9.15. The molecule has 0 saturated carbocycles. The van der Waals surface area contributed by atoms with Gasteiger partial charge in [-0.15, -0.1) is 6.58 Å². The molecule has 2 atom stereocenters. The van der Waals surface area contributed by atoms with E-state index in [4.69, 9.17) is 4.98 Å². The molecule has 5 aromatic rings. The second kappa shape index (κ2) is 11.3. The van der Waals surface area contributed by atoms with Crippen molar-refractivity contribution in [2.24, 2.45) is 0 Å². The molecule has 1 N–H and O–H groups in total. The highest BCUT2D eigenvalue weighted by Gasteiger charge is 2.36. The number of nitrogens with zero attached hydrogens (tertiary/aromatic N) is 8. The number of benzene rings is 2. The number of allylic oxidation sites excluding steroid dienone is 1. The number of aromatic nitrogens is 6. The van der Waals surface area contributed by atoms with Crippen molar-refractivity contribution in [1.82, 2.24) is 33.8 Å². The van der Waals surface area contributed by atoms with E-state index in [1.807, 2.05) is 41.3 Å². The highest BCUT2D eigenvalue weighted by atomic mass is 19.1. The second-order valence-electron chi connectivity index (χ2n) is 11.4. The molecule has 2 aromatic carbocycles. The zero-order chi connectivity index (χ0) is 29.5. The number of alkyl halides is 1. The van der Waals surface area contributed by atoms with Crippen molar-refractivity contribution in [2.75, 3.05) is 36.5 Å². The van der Waals surface area contributed by atoms with Gasteiger partial charge in [0.2, 0.25) is 5.95 Å². The Bertz CT molecular complexity index is 1840. The Morgan fingerprint density at radius 1 is 1.07 bits per heavy atom. The highest BCUT2D eigenvalue weighted by molar-refractivity contribution is 5.81. The van der Waals surface area contributed by atoms with Crippen molar-refractivity contribution in [3.05, 3.63) is 78.0 Å². The van der Waals surface area contributed by atoms with E-state index in [1.54, 1.807) is 17.0 Å². The van der Waals surface area contributed by atoms with Crippen LogP contribution in [0.25, 0.3) is 27.8 Å². The molecule has 10 nitrogen and oxygen atoms in total. The van der Waals surface area contributed by atoms with Gasteiger partial charge in [0.1, 0.15) is 12.1 Å². The Morgan fingerprint density at radius 2 is 1.88 bits per heavy atom. The van der Waals surface area contributed by atoms with Crippen LogP contribution in [0.15, 0.2) is 72.4 Å². The van der Waals surface area contributed by atoms with E-state index in [2.05, 4.69) is 55.3 Å². The monoisotopic (exact) mass is 581 g/mol. The first-order valence-corrected chi connectivity index (χ1v) is 15.1. The Labute approximate surface area is 249 Å². The van der Waals surface area contributed by atoms with Crippen molar-refractivity contribution in [2.45, 2.75) is 51.4 Å². The van der Waals surface area contributed by atoms with Crippen LogP contribution in [-0.2, 0) is 13.1 Å². The van der Waals surface area contributed by atoms with Crippen LogP contribution < -0.4 is 15.8 Å². The van der Waals surface area contributed by atoms with Gasteiger partial charge in [-0.25, -0.2) is 23.7 Å². The number of aryl methyl sites for hydroxylation is 1. The standard InChI is InChI=1S/C32H36FN9O/c1-3-15-41-31(43)27-18-34-32(37-30(27)42(41)24-12-13-28-29(17-24)38(4-2)21-35-28)36-22-8-10-23(11-9-22)40-20-25-6-5-7-26(40)19-39(25)16-14-33/h3,8-13,17-18,21,25-26H,1,4-7,14-16,19-20H2,2H3,(H,34,36,37). The lowest BCUT2D eigenvalue weighted by Crippen LogP contribution is -2.56. The average Bonchev–Trinajstić information content (AvgIpc) is 3.38. The van der Waals surface area contributed by atoms with Crippen molar-refractivity contribution >= 4 is 39.4 Å². The summed E-state index contributed by atoms with van der Waals surface area (Å²) in [4.78, 5) is 32.0. The number of piperazine rings is 1. The lowest BCUT2D eigenvalue weighted by atomic mass is 10.1. The van der Waals surface area contributed by atoms with E-state index in [-0.39, 0.29) is 12.2 Å². The summed E-state index contributed by atoms with van der Waals surface area (Å²) in [5.74, 6) is 0.403. The summed E-state index contributed by atoms with van der Waals surface area (Å²) in [6.07, 6.45) is 8.56. The van der Waals surface area contributed by atoms with Gasteiger partial charge in [0.25, 0.3) is 5.56 Å². The molecular weight excluding hydrogens is 545 g/mol. The van der Waals surface area contributed by atoms with Crippen LogP contribution in [0, 0.1) is 0 Å². The van der Waals surface area contributed by atoms with E-state index in [0.717, 1.165) is 54.9 Å². The van der Waals surface area contributed by atoms with Crippen molar-refractivity contribution in [3.8, 4) is 5.69 Å². The number of nitrogens with one attached hydrogen (secondary N) is 1. The van der Waals surface area contributed by atoms with E-state index in [9.17, 15) is 9.18 Å². The Hall–Kier alpha value is -4.51. The molecule has 0 radical (unpaired) electrons. The fourth-order valence-electron chi connectivity index (χ4n) is 6.75. The van der Waals surface area contributed by atoms with Gasteiger partial charge in [-0.3, -0.25) is 9.69 Å². The summed E-state index contributed by atoms with van der Waals surface area (Å²) in [5.41, 5.74) is 5.06. The lowest BCUT2D eigenvalue weighted by molar-refractivity contribution is 0.151. The van der Waals surface area contributed by atoms with Gasteiger partial charge >= 0.3 is 0 Å². The van der Waals surface area contributed by atoms with Crippen LogP contribution in [0.3, 0.4) is 0 Å². The minimum atomic E-state index is -0.285. The molecule has 8 rings (SSSR count). The molecule has 43 heavy (non-hydrogen) atoms. The Balaban J connectivity index is 1.19. The van der Waals surface area contributed by atoms with Crippen LogP contribution in [0.5, 0.6) is 0 Å². The molecule has 3 aliphatic rings. The summed E-state index contributed by atoms with van der Waals surface area (Å²) in [6, 6.07) is 15.1. The van der Waals surface area contributed by atoms with Gasteiger partial charge in [-0.1, -0.05) is 6.08 Å². The molecule has 3 aliphatic heterocycles. The van der Waals surface area contributed by atoms with E-state index < -0.39 is 0 Å². The maximum absolute atomic E-state index is 13.4. The molecule has 0 spiro atoms. The normalized spacial score (nSPS) is 18.9. The first-order chi connectivity index (χ1) is 21.1. The SMILES string of the molecule is C=CCn1c(=O)c2cnc(Nc3ccc(N4CC5CCCC4CN5CCF)cc3)nc2n1-c1ccc2ncn(CC)c2c1. The summed E-state index contributed by atoms with van der Waals surface area (Å²) in [5, 5.41) is 3.76. The third-order valence-electron chi connectivity index (χ3n) is 8.88. The van der Waals surface area contributed by atoms with Crippen LogP contribution in [-0.4, -0.2) is 72.2 Å². The van der Waals surface area contributed by atoms with Crippen molar-refractivity contribution in [1.29, 1.82) is 0 Å². The maximum Gasteiger partial charge on any atom is 0.278 e. The molecule has 3 saturated heterocycles. The number of hydrogen-bond acceptors (Lipinski definition) is 7. The smallest absolute Gasteiger partial charge is 0.278 e. The molecule has 3 fully saturated rings. The first kappa shape index (κ1) is 27.3. The van der Waals surface area contributed by atoms with E-state index in [1.165, 1.54) is 12.1 Å². The molecule has 0 amide bonds. The quantitative estimate of drug-likeness (QED) is 0.248. The minimum absolute atomic E-state index is 0.174. The topological polar surface area (TPSA) is 89.0 Å². The molecule has 0 aliphatic carbocycles. The van der Waals surface area contributed by atoms with Gasteiger partial charge in [-0.05, 0) is 68.7 Å². The number of fused-ring (bicyclic) bond motifs is 6. The van der Waals surface area contributed by atoms with Gasteiger partial charge in [0, 0.05) is 55.8 Å². The lowest BCUT2D eigenvalue weighted by Gasteiger charge is -2.45. The average molecular weight is 582 g/mol. The van der Waals surface area contributed by atoms with Crippen LogP contribution >= 0.6 is 0 Å². The minimum Gasteiger partial charge on any atom is -0.366 e. The number of anilines is 3. The number of imidazole rings is 1. The summed E-state index contributed by atoms with van der Waals surface area (Å²) in [7, 11) is 0. The van der Waals surface area contributed by atoms with E-state index in [0.29, 0.717) is 42.2 Å². The van der Waals surface area contributed by atoms with Gasteiger partial charge in [0.15, 0.2) is 5.65 Å². The number of halogens is 1. The summed E-state index contributed by atoms with van der Waals surface area (Å²) < 4.78 is 18.6. The van der Waals surface area contributed by atoms with Crippen LogP contribution in [0.1, 0.15) is 26.2 Å².